The van der Waals surface area contributed by atoms with Gasteiger partial charge in [0, 0.05) is 28.4 Å². The molecule has 2 N–H and O–H groups in total. The molecule has 1 amide bonds. The molecule has 2 aromatic rings. The molecular formula is C15H16ClN2O4S+. The molecule has 0 aliphatic carbocycles. The van der Waals surface area contributed by atoms with E-state index in [1.807, 2.05) is 0 Å². The van der Waals surface area contributed by atoms with Crippen molar-refractivity contribution in [1.29, 1.82) is 0 Å². The van der Waals surface area contributed by atoms with Gasteiger partial charge in [-0.25, -0.2) is 4.55 Å². The highest BCUT2D eigenvalue weighted by Crippen LogP contribution is 2.23. The number of quaternary nitrogens is 1. The van der Waals surface area contributed by atoms with Crippen molar-refractivity contribution < 1.29 is 17.8 Å². The van der Waals surface area contributed by atoms with E-state index in [0.717, 1.165) is 0 Å². The summed E-state index contributed by atoms with van der Waals surface area (Å²) >= 11 is 5.78. The second kappa shape index (κ2) is 6.29. The van der Waals surface area contributed by atoms with Gasteiger partial charge in [0.25, 0.3) is 5.91 Å². The number of hydrogen-bond donors (Lipinski definition) is 2. The SMILES string of the molecule is C[N+](C)(c1ccc(C(=O)Nc2ccc(Cl)cc2)cc1)S(=O)(=O)O. The molecule has 2 aromatic carbocycles. The maximum atomic E-state index is 12.1. The summed E-state index contributed by atoms with van der Waals surface area (Å²) in [6.45, 7) is 0. The molecule has 23 heavy (non-hydrogen) atoms. The molecule has 2 rings (SSSR count). The number of carbonyl (C=O) groups is 1. The first-order valence-electron chi connectivity index (χ1n) is 6.60. The first-order chi connectivity index (χ1) is 10.6. The van der Waals surface area contributed by atoms with Gasteiger partial charge in [-0.3, -0.25) is 4.79 Å². The fourth-order valence-corrected chi connectivity index (χ4v) is 2.36. The van der Waals surface area contributed by atoms with Gasteiger partial charge in [-0.2, -0.15) is 3.89 Å². The predicted octanol–water partition coefficient (Wildman–Crippen LogP) is 2.96. The van der Waals surface area contributed by atoms with Gasteiger partial charge >= 0.3 is 10.3 Å². The van der Waals surface area contributed by atoms with Gasteiger partial charge in [0.15, 0.2) is 0 Å². The molecule has 6 nitrogen and oxygen atoms in total. The minimum absolute atomic E-state index is 0.329. The number of carbonyl (C=O) groups excluding carboxylic acids is 1. The Kier molecular flexibility index (Phi) is 4.76. The minimum atomic E-state index is -4.32. The standard InChI is InChI=1S/C15H15ClN2O4S/c1-18(2,23(20,21)22)14-9-3-11(4-10-14)15(19)17-13-7-5-12(16)6-8-13/h3-10H,1-2H3,(H-,17,19,20,21,22)/p+1. The Bertz CT molecular complexity index is 816. The molecule has 0 spiro atoms. The molecule has 0 aliphatic rings. The molecule has 0 radical (unpaired) electrons. The van der Waals surface area contributed by atoms with Crippen molar-refractivity contribution in [2.24, 2.45) is 0 Å². The zero-order chi connectivity index (χ0) is 17.3. The molecule has 8 heteroatoms. The Morgan fingerprint density at radius 1 is 1.04 bits per heavy atom. The van der Waals surface area contributed by atoms with Crippen LogP contribution in [0.2, 0.25) is 5.02 Å². The predicted molar refractivity (Wildman–Crippen MR) is 91.0 cm³/mol. The highest BCUT2D eigenvalue weighted by atomic mass is 35.5. The molecule has 0 atom stereocenters. The van der Waals surface area contributed by atoms with Crippen molar-refractivity contribution >= 4 is 39.2 Å². The zero-order valence-corrected chi connectivity index (χ0v) is 14.1. The third-order valence-electron chi connectivity index (χ3n) is 3.43. The van der Waals surface area contributed by atoms with Crippen LogP contribution in [-0.4, -0.2) is 33.0 Å². The maximum Gasteiger partial charge on any atom is 0.437 e. The van der Waals surface area contributed by atoms with Crippen molar-refractivity contribution in [2.75, 3.05) is 19.4 Å². The number of halogens is 1. The number of hydrogen-bond acceptors (Lipinski definition) is 3. The number of anilines is 1. The van der Waals surface area contributed by atoms with Crippen molar-refractivity contribution in [3.8, 4) is 0 Å². The first kappa shape index (κ1) is 17.4. The fourth-order valence-electron chi connectivity index (χ4n) is 1.84. The van der Waals surface area contributed by atoms with Gasteiger partial charge in [0.2, 0.25) is 0 Å². The Morgan fingerprint density at radius 2 is 1.57 bits per heavy atom. The van der Waals surface area contributed by atoms with Crippen molar-refractivity contribution in [1.82, 2.24) is 3.89 Å². The van der Waals surface area contributed by atoms with Gasteiger partial charge in [-0.15, -0.1) is 8.42 Å². The summed E-state index contributed by atoms with van der Waals surface area (Å²) in [6.07, 6.45) is 0. The topological polar surface area (TPSA) is 83.5 Å². The van der Waals surface area contributed by atoms with Crippen molar-refractivity contribution in [3.05, 3.63) is 59.1 Å². The van der Waals surface area contributed by atoms with E-state index in [1.54, 1.807) is 24.3 Å². The number of benzene rings is 2. The van der Waals surface area contributed by atoms with Gasteiger partial charge in [0.1, 0.15) is 5.69 Å². The first-order valence-corrected chi connectivity index (χ1v) is 8.38. The second-order valence-electron chi connectivity index (χ2n) is 5.31. The van der Waals surface area contributed by atoms with E-state index in [1.165, 1.54) is 38.4 Å². The van der Waals surface area contributed by atoms with Gasteiger partial charge in [0.05, 0.1) is 14.1 Å². The number of amides is 1. The normalized spacial score (nSPS) is 12.0. The Balaban J connectivity index is 2.19. The van der Waals surface area contributed by atoms with Crippen LogP contribution in [0.4, 0.5) is 11.4 Å². The Labute approximate surface area is 139 Å². The average molecular weight is 356 g/mol. The van der Waals surface area contributed by atoms with Gasteiger partial charge < -0.3 is 5.32 Å². The lowest BCUT2D eigenvalue weighted by Gasteiger charge is -2.23. The van der Waals surface area contributed by atoms with Crippen molar-refractivity contribution in [3.63, 3.8) is 0 Å². The number of nitrogens with one attached hydrogen (secondary N) is 1. The highest BCUT2D eigenvalue weighted by Gasteiger charge is 2.33. The van der Waals surface area contributed by atoms with Crippen LogP contribution < -0.4 is 9.21 Å². The Hall–Kier alpha value is -1.93. The minimum Gasteiger partial charge on any atom is -0.322 e. The monoisotopic (exact) mass is 355 g/mol. The largest absolute Gasteiger partial charge is 0.437 e. The zero-order valence-electron chi connectivity index (χ0n) is 12.5. The van der Waals surface area contributed by atoms with Crippen LogP contribution in [0.5, 0.6) is 0 Å². The lowest BCUT2D eigenvalue weighted by Crippen LogP contribution is -2.45. The van der Waals surface area contributed by atoms with Crippen LogP contribution in [0, 0.1) is 0 Å². The third kappa shape index (κ3) is 3.89. The van der Waals surface area contributed by atoms with Crippen LogP contribution in [-0.2, 0) is 10.3 Å². The molecule has 122 valence electrons. The molecule has 0 unspecified atom stereocenters. The smallest absolute Gasteiger partial charge is 0.322 e. The molecule has 0 saturated carbocycles. The average Bonchev–Trinajstić information content (AvgIpc) is 2.48. The second-order valence-corrected chi connectivity index (χ2v) is 7.55. The lowest BCUT2D eigenvalue weighted by atomic mass is 10.2. The quantitative estimate of drug-likeness (QED) is 0.652. The van der Waals surface area contributed by atoms with Gasteiger partial charge in [-0.1, -0.05) is 11.6 Å². The van der Waals surface area contributed by atoms with E-state index in [-0.39, 0.29) is 5.91 Å². The van der Waals surface area contributed by atoms with Crippen molar-refractivity contribution in [2.45, 2.75) is 0 Å². The number of nitrogens with zero attached hydrogens (tertiary/aromatic N) is 1. The van der Waals surface area contributed by atoms with E-state index in [4.69, 9.17) is 11.6 Å². The van der Waals surface area contributed by atoms with Gasteiger partial charge in [-0.05, 0) is 36.4 Å². The van der Waals surface area contributed by atoms with E-state index in [9.17, 15) is 17.8 Å². The fraction of sp³-hybridized carbons (Fsp3) is 0.133. The van der Waals surface area contributed by atoms with Crippen LogP contribution in [0.3, 0.4) is 0 Å². The molecule has 0 aromatic heterocycles. The molecule has 0 heterocycles. The summed E-state index contributed by atoms with van der Waals surface area (Å²) in [7, 11) is -1.65. The Morgan fingerprint density at radius 3 is 2.04 bits per heavy atom. The highest BCUT2D eigenvalue weighted by molar-refractivity contribution is 7.85. The van der Waals surface area contributed by atoms with Crippen LogP contribution in [0.25, 0.3) is 0 Å². The summed E-state index contributed by atoms with van der Waals surface area (Å²) in [5, 5.41) is 3.27. The number of rotatable bonds is 4. The summed E-state index contributed by atoms with van der Waals surface area (Å²) < 4.78 is 31.3. The summed E-state index contributed by atoms with van der Waals surface area (Å²) in [5.74, 6) is -0.337. The summed E-state index contributed by atoms with van der Waals surface area (Å²) in [4.78, 5) is 12.1. The molecule has 0 saturated heterocycles. The van der Waals surface area contributed by atoms with E-state index in [2.05, 4.69) is 5.32 Å². The summed E-state index contributed by atoms with van der Waals surface area (Å²) in [6, 6.07) is 12.6. The molecule has 0 bridgehead atoms. The van der Waals surface area contributed by atoms with E-state index >= 15 is 0 Å². The van der Waals surface area contributed by atoms with Crippen LogP contribution in [0.1, 0.15) is 10.4 Å². The van der Waals surface area contributed by atoms with Crippen LogP contribution >= 0.6 is 11.6 Å². The third-order valence-corrected chi connectivity index (χ3v) is 5.05. The molecule has 0 fully saturated rings. The van der Waals surface area contributed by atoms with E-state index in [0.29, 0.717) is 22.0 Å². The molecular weight excluding hydrogens is 340 g/mol. The molecule has 0 aliphatic heterocycles. The summed E-state index contributed by atoms with van der Waals surface area (Å²) in [5.41, 5.74) is 1.28. The lowest BCUT2D eigenvalue weighted by molar-refractivity contribution is 0.102. The van der Waals surface area contributed by atoms with E-state index < -0.39 is 14.2 Å². The maximum absolute atomic E-state index is 12.1. The van der Waals surface area contributed by atoms with Crippen LogP contribution in [0.15, 0.2) is 48.5 Å².